The molecule has 0 radical (unpaired) electrons. The highest BCUT2D eigenvalue weighted by Crippen LogP contribution is 2.14. The Morgan fingerprint density at radius 1 is 1.62 bits per heavy atom. The molecule has 0 spiro atoms. The van der Waals surface area contributed by atoms with E-state index < -0.39 is 0 Å². The van der Waals surface area contributed by atoms with Crippen molar-refractivity contribution in [1.82, 2.24) is 0 Å². The number of rotatable bonds is 1. The summed E-state index contributed by atoms with van der Waals surface area (Å²) in [5, 5.41) is 0. The summed E-state index contributed by atoms with van der Waals surface area (Å²) in [6.07, 6.45) is 5.94. The third-order valence-corrected chi connectivity index (χ3v) is 1.16. The quantitative estimate of drug-likeness (QED) is 0.500. The lowest BCUT2D eigenvalue weighted by Gasteiger charge is -1.91. The molecule has 0 bridgehead atoms. The molecule has 1 nitrogen and oxygen atoms in total. The second-order valence-corrected chi connectivity index (χ2v) is 1.82. The van der Waals surface area contributed by atoms with Gasteiger partial charge in [0.2, 0.25) is 0 Å². The van der Waals surface area contributed by atoms with E-state index in [4.69, 9.17) is 4.74 Å². The second-order valence-electron chi connectivity index (χ2n) is 1.82. The Balaban J connectivity index is 2.44. The maximum Gasteiger partial charge on any atom is 0.0960 e. The second kappa shape index (κ2) is 2.55. The van der Waals surface area contributed by atoms with Gasteiger partial charge in [0.25, 0.3) is 0 Å². The Morgan fingerprint density at radius 2 is 2.50 bits per heavy atom. The highest BCUT2D eigenvalue weighted by Gasteiger charge is 2.04. The molecule has 0 unspecified atom stereocenters. The summed E-state index contributed by atoms with van der Waals surface area (Å²) in [7, 11) is 0. The normalized spacial score (nSPS) is 23.2. The van der Waals surface area contributed by atoms with Crippen LogP contribution < -0.4 is 0 Å². The van der Waals surface area contributed by atoms with E-state index >= 15 is 0 Å². The molecule has 0 aromatic carbocycles. The zero-order chi connectivity index (χ0) is 5.82. The number of hydrogen-bond donors (Lipinski definition) is 0. The van der Waals surface area contributed by atoms with E-state index in [1.54, 1.807) is 6.08 Å². The minimum atomic E-state index is 0.889. The van der Waals surface area contributed by atoms with Crippen molar-refractivity contribution < 1.29 is 4.74 Å². The molecule has 1 fully saturated rings. The molecule has 1 rings (SSSR count). The summed E-state index contributed by atoms with van der Waals surface area (Å²) in [5.74, 6) is 1.08. The molecule has 1 saturated heterocycles. The zero-order valence-corrected chi connectivity index (χ0v) is 4.89. The third kappa shape index (κ3) is 1.12. The predicted molar refractivity (Wildman–Crippen MR) is 33.5 cm³/mol. The van der Waals surface area contributed by atoms with Crippen LogP contribution in [0.3, 0.4) is 0 Å². The molecule has 0 aromatic rings. The highest BCUT2D eigenvalue weighted by atomic mass is 16.5. The van der Waals surface area contributed by atoms with Crippen molar-refractivity contribution in [1.29, 1.82) is 0 Å². The van der Waals surface area contributed by atoms with Gasteiger partial charge in [0.15, 0.2) is 0 Å². The van der Waals surface area contributed by atoms with Gasteiger partial charge in [-0.25, -0.2) is 0 Å². The molecule has 0 amide bonds. The lowest BCUT2D eigenvalue weighted by atomic mass is 10.3. The van der Waals surface area contributed by atoms with Gasteiger partial charge in [0.05, 0.1) is 12.4 Å². The monoisotopic (exact) mass is 110 g/mol. The minimum absolute atomic E-state index is 0.889. The van der Waals surface area contributed by atoms with Crippen molar-refractivity contribution in [3.63, 3.8) is 0 Å². The Hall–Kier alpha value is -0.720. The molecule has 8 heavy (non-hydrogen) atoms. The lowest BCUT2D eigenvalue weighted by molar-refractivity contribution is 0.263. The zero-order valence-electron chi connectivity index (χ0n) is 4.89. The van der Waals surface area contributed by atoms with Crippen LogP contribution in [-0.4, -0.2) is 6.61 Å². The fraction of sp³-hybridized carbons (Fsp3) is 0.429. The van der Waals surface area contributed by atoms with Gasteiger partial charge in [0, 0.05) is 6.42 Å². The Kier molecular flexibility index (Phi) is 1.73. The average Bonchev–Trinajstić information content (AvgIpc) is 2.19. The summed E-state index contributed by atoms with van der Waals surface area (Å²) in [4.78, 5) is 0. The summed E-state index contributed by atoms with van der Waals surface area (Å²) in [5.41, 5.74) is 0. The Bertz CT molecular complexity index is 106. The van der Waals surface area contributed by atoms with Gasteiger partial charge in [-0.15, -0.1) is 0 Å². The van der Waals surface area contributed by atoms with Crippen molar-refractivity contribution in [2.45, 2.75) is 12.8 Å². The van der Waals surface area contributed by atoms with Crippen LogP contribution in [0.15, 0.2) is 24.5 Å². The summed E-state index contributed by atoms with van der Waals surface area (Å²) in [6.45, 7) is 4.46. The van der Waals surface area contributed by atoms with E-state index in [2.05, 4.69) is 6.58 Å². The summed E-state index contributed by atoms with van der Waals surface area (Å²) in [6, 6.07) is 0. The number of allylic oxidation sites excluding steroid dienone is 3. The summed E-state index contributed by atoms with van der Waals surface area (Å²) >= 11 is 0. The SMILES string of the molecule is C=C/C=C1/CCCO1. The molecule has 1 aliphatic heterocycles. The molecule has 1 heteroatoms. The maximum absolute atomic E-state index is 5.18. The smallest absolute Gasteiger partial charge is 0.0960 e. The van der Waals surface area contributed by atoms with Crippen molar-refractivity contribution in [3.8, 4) is 0 Å². The van der Waals surface area contributed by atoms with Gasteiger partial charge >= 0.3 is 0 Å². The first-order valence-electron chi connectivity index (χ1n) is 2.88. The van der Waals surface area contributed by atoms with Gasteiger partial charge in [-0.05, 0) is 12.5 Å². The van der Waals surface area contributed by atoms with Crippen LogP contribution in [0.25, 0.3) is 0 Å². The number of hydrogen-bond acceptors (Lipinski definition) is 1. The Labute approximate surface area is 49.7 Å². The van der Waals surface area contributed by atoms with Crippen LogP contribution in [-0.2, 0) is 4.74 Å². The minimum Gasteiger partial charge on any atom is -0.498 e. The van der Waals surface area contributed by atoms with E-state index in [1.807, 2.05) is 6.08 Å². The van der Waals surface area contributed by atoms with Crippen LogP contribution in [0.5, 0.6) is 0 Å². The average molecular weight is 110 g/mol. The van der Waals surface area contributed by atoms with Gasteiger partial charge in [-0.1, -0.05) is 12.7 Å². The highest BCUT2D eigenvalue weighted by molar-refractivity contribution is 5.05. The van der Waals surface area contributed by atoms with E-state index in [0.717, 1.165) is 18.8 Å². The topological polar surface area (TPSA) is 9.23 Å². The molecular weight excluding hydrogens is 100 g/mol. The standard InChI is InChI=1S/C7H10O/c1-2-4-7-5-3-6-8-7/h2,4H,1,3,5-6H2/b7-4-. The Morgan fingerprint density at radius 3 is 3.00 bits per heavy atom. The number of ether oxygens (including phenoxy) is 1. The molecule has 1 heterocycles. The molecule has 0 atom stereocenters. The first-order valence-corrected chi connectivity index (χ1v) is 2.88. The van der Waals surface area contributed by atoms with Crippen LogP contribution in [0.1, 0.15) is 12.8 Å². The molecule has 0 saturated carbocycles. The van der Waals surface area contributed by atoms with Gasteiger partial charge in [-0.2, -0.15) is 0 Å². The predicted octanol–water partition coefficient (Wildman–Crippen LogP) is 1.87. The first kappa shape index (κ1) is 5.42. The van der Waals surface area contributed by atoms with Crippen LogP contribution in [0.2, 0.25) is 0 Å². The van der Waals surface area contributed by atoms with Crippen LogP contribution in [0, 0.1) is 0 Å². The van der Waals surface area contributed by atoms with Crippen molar-refractivity contribution in [2.75, 3.05) is 6.61 Å². The van der Waals surface area contributed by atoms with Gasteiger partial charge < -0.3 is 4.74 Å². The van der Waals surface area contributed by atoms with E-state index in [1.165, 1.54) is 6.42 Å². The van der Waals surface area contributed by atoms with Crippen molar-refractivity contribution in [2.24, 2.45) is 0 Å². The maximum atomic E-state index is 5.18. The third-order valence-electron chi connectivity index (χ3n) is 1.16. The molecular formula is C7H10O. The lowest BCUT2D eigenvalue weighted by Crippen LogP contribution is -1.75. The van der Waals surface area contributed by atoms with Crippen molar-refractivity contribution in [3.05, 3.63) is 24.5 Å². The van der Waals surface area contributed by atoms with Crippen LogP contribution >= 0.6 is 0 Å². The fourth-order valence-electron chi connectivity index (χ4n) is 0.785. The summed E-state index contributed by atoms with van der Waals surface area (Å²) < 4.78 is 5.18. The molecule has 0 aliphatic carbocycles. The van der Waals surface area contributed by atoms with Crippen LogP contribution in [0.4, 0.5) is 0 Å². The molecule has 44 valence electrons. The van der Waals surface area contributed by atoms with Crippen molar-refractivity contribution >= 4 is 0 Å². The van der Waals surface area contributed by atoms with Gasteiger partial charge in [-0.3, -0.25) is 0 Å². The van der Waals surface area contributed by atoms with Gasteiger partial charge in [0.1, 0.15) is 0 Å². The fourth-order valence-corrected chi connectivity index (χ4v) is 0.785. The molecule has 1 aliphatic rings. The van der Waals surface area contributed by atoms with E-state index in [0.29, 0.717) is 0 Å². The molecule has 0 N–H and O–H groups in total. The first-order chi connectivity index (χ1) is 3.93. The molecule has 0 aromatic heterocycles. The van der Waals surface area contributed by atoms with E-state index in [9.17, 15) is 0 Å². The van der Waals surface area contributed by atoms with E-state index in [-0.39, 0.29) is 0 Å². The largest absolute Gasteiger partial charge is 0.498 e.